The van der Waals surface area contributed by atoms with Gasteiger partial charge in [0.1, 0.15) is 29.7 Å². The molecular weight excluding hydrogens is 431 g/mol. The van der Waals surface area contributed by atoms with Crippen LogP contribution in [0.15, 0.2) is 48.5 Å². The fourth-order valence-electron chi connectivity index (χ4n) is 4.76. The van der Waals surface area contributed by atoms with Gasteiger partial charge in [0.05, 0.1) is 5.54 Å². The van der Waals surface area contributed by atoms with E-state index in [1.165, 1.54) is 17.7 Å². The Morgan fingerprint density at radius 1 is 1.09 bits per heavy atom. The predicted molar refractivity (Wildman–Crippen MR) is 131 cm³/mol. The molecule has 0 atom stereocenters. The average Bonchev–Trinajstić information content (AvgIpc) is 3.15. The molecule has 0 bridgehead atoms. The summed E-state index contributed by atoms with van der Waals surface area (Å²) in [5.74, 6) is 1.15. The van der Waals surface area contributed by atoms with Gasteiger partial charge in [0.15, 0.2) is 0 Å². The fraction of sp³-hybridized carbons (Fsp3) is 0.385. The summed E-state index contributed by atoms with van der Waals surface area (Å²) in [6, 6.07) is 14.7. The number of benzene rings is 2. The molecule has 178 valence electrons. The second-order valence-corrected chi connectivity index (χ2v) is 9.80. The first-order chi connectivity index (χ1) is 16.3. The van der Waals surface area contributed by atoms with E-state index in [0.717, 1.165) is 55.6 Å². The highest BCUT2D eigenvalue weighted by atomic mass is 19.1. The second kappa shape index (κ2) is 8.85. The largest absolute Gasteiger partial charge is 0.342 e. The maximum atomic E-state index is 13.6. The van der Waals surface area contributed by atoms with Gasteiger partial charge in [-0.2, -0.15) is 0 Å². The van der Waals surface area contributed by atoms with Gasteiger partial charge < -0.3 is 20.1 Å². The van der Waals surface area contributed by atoms with Crippen molar-refractivity contribution in [3.8, 4) is 11.3 Å². The highest BCUT2D eigenvalue weighted by molar-refractivity contribution is 5.83. The molecule has 0 radical (unpaired) electrons. The van der Waals surface area contributed by atoms with Crippen LogP contribution in [0.5, 0.6) is 0 Å². The van der Waals surface area contributed by atoms with Crippen LogP contribution in [0.2, 0.25) is 0 Å². The summed E-state index contributed by atoms with van der Waals surface area (Å²) < 4.78 is 15.5. The van der Waals surface area contributed by atoms with Crippen molar-refractivity contribution in [3.63, 3.8) is 0 Å². The number of nitrogens with zero attached hydrogens (tertiary/aromatic N) is 4. The zero-order chi connectivity index (χ0) is 23.9. The highest BCUT2D eigenvalue weighted by Crippen LogP contribution is 2.36. The lowest BCUT2D eigenvalue weighted by molar-refractivity contribution is -0.124. The number of hydrogen-bond donors (Lipinski definition) is 2. The van der Waals surface area contributed by atoms with E-state index in [1.807, 2.05) is 24.5 Å². The number of amides is 1. The summed E-state index contributed by atoms with van der Waals surface area (Å²) >= 11 is 0. The van der Waals surface area contributed by atoms with Gasteiger partial charge in [-0.1, -0.05) is 12.1 Å². The second-order valence-electron chi connectivity index (χ2n) is 9.80. The van der Waals surface area contributed by atoms with Crippen molar-refractivity contribution in [2.75, 3.05) is 38.5 Å². The Bertz CT molecular complexity index is 1190. The summed E-state index contributed by atoms with van der Waals surface area (Å²) in [7, 11) is 2.16. The molecule has 2 aromatic carbocycles. The lowest BCUT2D eigenvalue weighted by Crippen LogP contribution is -2.49. The van der Waals surface area contributed by atoms with Crippen LogP contribution in [0.1, 0.15) is 25.2 Å². The minimum atomic E-state index is -0.618. The molecule has 1 aromatic heterocycles. The molecule has 2 aliphatic heterocycles. The summed E-state index contributed by atoms with van der Waals surface area (Å²) in [5, 5.41) is 6.55. The van der Waals surface area contributed by atoms with Crippen LogP contribution in [0.3, 0.4) is 0 Å². The standard InChI is InChI=1S/C26H31FN6O/c1-26(2)25-29-23(19-7-9-20(27)10-8-19)24(33(25)17-22(34)30-26)28-21-6-4-5-18(15-21)16-32-13-11-31(3)12-14-32/h4-10,15,28H,11-14,16-17H2,1-3H3,(H,30,34). The molecular formula is C26H31FN6O. The van der Waals surface area contributed by atoms with Gasteiger partial charge >= 0.3 is 0 Å². The Morgan fingerprint density at radius 3 is 2.56 bits per heavy atom. The number of carbonyl (C=O) groups is 1. The Morgan fingerprint density at radius 2 is 1.82 bits per heavy atom. The molecule has 1 fully saturated rings. The zero-order valence-corrected chi connectivity index (χ0v) is 19.9. The van der Waals surface area contributed by atoms with Crippen LogP contribution < -0.4 is 10.6 Å². The molecule has 0 spiro atoms. The molecule has 2 aliphatic rings. The van der Waals surface area contributed by atoms with Crippen molar-refractivity contribution in [1.82, 2.24) is 24.7 Å². The Balaban J connectivity index is 1.49. The molecule has 3 aromatic rings. The number of hydrogen-bond acceptors (Lipinski definition) is 5. The van der Waals surface area contributed by atoms with Crippen LogP contribution in [-0.2, 0) is 23.4 Å². The van der Waals surface area contributed by atoms with Crippen molar-refractivity contribution in [1.29, 1.82) is 0 Å². The minimum absolute atomic E-state index is 0.0626. The maximum Gasteiger partial charge on any atom is 0.240 e. The average molecular weight is 463 g/mol. The van der Waals surface area contributed by atoms with Crippen LogP contribution in [0.25, 0.3) is 11.3 Å². The summed E-state index contributed by atoms with van der Waals surface area (Å²) in [6.07, 6.45) is 0. The van der Waals surface area contributed by atoms with Crippen LogP contribution in [0.4, 0.5) is 15.9 Å². The Labute approximate surface area is 199 Å². The summed E-state index contributed by atoms with van der Waals surface area (Å²) in [6.45, 7) is 9.24. The molecule has 1 amide bonds. The van der Waals surface area contributed by atoms with Crippen molar-refractivity contribution in [3.05, 3.63) is 65.7 Å². The number of nitrogens with one attached hydrogen (secondary N) is 2. The summed E-state index contributed by atoms with van der Waals surface area (Å²) in [5.41, 5.74) is 3.04. The van der Waals surface area contributed by atoms with Crippen LogP contribution in [-0.4, -0.2) is 58.5 Å². The van der Waals surface area contributed by atoms with Gasteiger partial charge in [-0.05, 0) is 62.9 Å². The van der Waals surface area contributed by atoms with E-state index < -0.39 is 5.54 Å². The molecule has 0 saturated carbocycles. The van der Waals surface area contributed by atoms with Gasteiger partial charge in [0, 0.05) is 44.0 Å². The third-order valence-corrected chi connectivity index (χ3v) is 6.59. The van der Waals surface area contributed by atoms with Gasteiger partial charge in [0.25, 0.3) is 0 Å². The van der Waals surface area contributed by atoms with Gasteiger partial charge in [-0.25, -0.2) is 9.37 Å². The summed E-state index contributed by atoms with van der Waals surface area (Å²) in [4.78, 5) is 22.2. The van der Waals surface area contributed by atoms with Crippen LogP contribution >= 0.6 is 0 Å². The third kappa shape index (κ3) is 4.56. The van der Waals surface area contributed by atoms with E-state index in [1.54, 1.807) is 12.1 Å². The number of piperazine rings is 1. The Hall–Kier alpha value is -3.23. The van der Waals surface area contributed by atoms with Gasteiger partial charge in [0.2, 0.25) is 5.91 Å². The van der Waals surface area contributed by atoms with Crippen LogP contribution in [0, 0.1) is 5.82 Å². The van der Waals surface area contributed by atoms with E-state index in [4.69, 9.17) is 4.98 Å². The smallest absolute Gasteiger partial charge is 0.240 e. The SMILES string of the molecule is CN1CCN(Cc2cccc(Nc3c(-c4ccc(F)cc4)nc4n3CC(=O)NC4(C)C)c2)CC1. The molecule has 7 nitrogen and oxygen atoms in total. The van der Waals surface area contributed by atoms with E-state index in [2.05, 4.69) is 45.7 Å². The Kier molecular flexibility index (Phi) is 5.87. The van der Waals surface area contributed by atoms with Gasteiger partial charge in [-0.3, -0.25) is 9.69 Å². The number of fused-ring (bicyclic) bond motifs is 1. The fourth-order valence-corrected chi connectivity index (χ4v) is 4.76. The highest BCUT2D eigenvalue weighted by Gasteiger charge is 2.36. The van der Waals surface area contributed by atoms with Crippen molar-refractivity contribution >= 4 is 17.4 Å². The number of anilines is 2. The van der Waals surface area contributed by atoms with E-state index in [-0.39, 0.29) is 18.3 Å². The number of likely N-dealkylation sites (N-methyl/N-ethyl adjacent to an activating group) is 1. The minimum Gasteiger partial charge on any atom is -0.342 e. The quantitative estimate of drug-likeness (QED) is 0.607. The number of rotatable bonds is 5. The van der Waals surface area contributed by atoms with Crippen molar-refractivity contribution in [2.24, 2.45) is 0 Å². The third-order valence-electron chi connectivity index (χ3n) is 6.59. The number of halogens is 1. The maximum absolute atomic E-state index is 13.6. The normalized spacial score (nSPS) is 18.4. The topological polar surface area (TPSA) is 65.4 Å². The predicted octanol–water partition coefficient (Wildman–Crippen LogP) is 3.55. The van der Waals surface area contributed by atoms with Crippen molar-refractivity contribution in [2.45, 2.75) is 32.5 Å². The first-order valence-corrected chi connectivity index (χ1v) is 11.7. The molecule has 8 heteroatoms. The lowest BCUT2D eigenvalue weighted by Gasteiger charge is -2.32. The first kappa shape index (κ1) is 22.6. The van der Waals surface area contributed by atoms with Gasteiger partial charge in [-0.15, -0.1) is 0 Å². The number of aromatic nitrogens is 2. The monoisotopic (exact) mass is 462 g/mol. The molecule has 34 heavy (non-hydrogen) atoms. The number of imidazole rings is 1. The lowest BCUT2D eigenvalue weighted by atomic mass is 10.0. The van der Waals surface area contributed by atoms with E-state index >= 15 is 0 Å². The molecule has 0 unspecified atom stereocenters. The van der Waals surface area contributed by atoms with E-state index in [9.17, 15) is 9.18 Å². The van der Waals surface area contributed by atoms with E-state index in [0.29, 0.717) is 5.69 Å². The molecule has 1 saturated heterocycles. The van der Waals surface area contributed by atoms with Crippen molar-refractivity contribution < 1.29 is 9.18 Å². The molecule has 5 rings (SSSR count). The molecule has 2 N–H and O–H groups in total. The first-order valence-electron chi connectivity index (χ1n) is 11.7. The molecule has 0 aliphatic carbocycles. The number of carbonyl (C=O) groups excluding carboxylic acids is 1. The molecule has 3 heterocycles. The zero-order valence-electron chi connectivity index (χ0n) is 19.9.